The van der Waals surface area contributed by atoms with Gasteiger partial charge in [0, 0.05) is 82.7 Å². The van der Waals surface area contributed by atoms with Crippen molar-refractivity contribution in [3.8, 4) is 5.75 Å². The van der Waals surface area contributed by atoms with E-state index >= 15 is 0 Å². The van der Waals surface area contributed by atoms with Crippen LogP contribution in [0.15, 0.2) is 48.0 Å². The van der Waals surface area contributed by atoms with E-state index in [0.717, 1.165) is 81.4 Å². The first-order chi connectivity index (χ1) is 26.6. The number of esters is 2. The lowest BCUT2D eigenvalue weighted by molar-refractivity contribution is -0.169. The summed E-state index contributed by atoms with van der Waals surface area (Å²) in [6, 6.07) is 12.0. The summed E-state index contributed by atoms with van der Waals surface area (Å²) in [7, 11) is 6.65. The second kappa shape index (κ2) is 13.2. The number of benzene rings is 2. The average molecular weight is 751 g/mol. The first kappa shape index (κ1) is 36.5. The normalized spacial score (nSPS) is 34.0. The molecule has 2 aliphatic carbocycles. The Kier molecular flexibility index (Phi) is 8.77. The van der Waals surface area contributed by atoms with E-state index in [1.54, 1.807) is 7.11 Å². The number of hydrogen-bond acceptors (Lipinski definition) is 9. The minimum atomic E-state index is -1.22. The van der Waals surface area contributed by atoms with Gasteiger partial charge in [-0.1, -0.05) is 29.8 Å². The van der Waals surface area contributed by atoms with Gasteiger partial charge in [-0.25, -0.2) is 0 Å². The Hall–Kier alpha value is -4.16. The Morgan fingerprint density at radius 2 is 1.82 bits per heavy atom. The van der Waals surface area contributed by atoms with Crippen molar-refractivity contribution < 1.29 is 34.0 Å². The molecule has 0 radical (unpaired) electrons. The Bertz CT molecular complexity index is 2220. The Labute approximate surface area is 322 Å². The summed E-state index contributed by atoms with van der Waals surface area (Å²) in [5.41, 5.74) is 5.94. The number of aliphatic hydroxyl groups is 2. The van der Waals surface area contributed by atoms with Crippen LogP contribution < -0.4 is 4.74 Å². The first-order valence-corrected chi connectivity index (χ1v) is 19.9. The molecule has 2 aromatic heterocycles. The number of para-hydroxylation sites is 1. The van der Waals surface area contributed by atoms with Crippen molar-refractivity contribution in [2.24, 2.45) is 23.2 Å². The van der Waals surface area contributed by atoms with Crippen molar-refractivity contribution >= 4 is 33.7 Å². The van der Waals surface area contributed by atoms with E-state index in [9.17, 15) is 19.8 Å². The number of likely N-dealkylation sites (N-methyl/N-ethyl adjacent to an activating group) is 1. The number of nitrogens with one attached hydrogen (secondary N) is 2. The molecule has 11 heteroatoms. The van der Waals surface area contributed by atoms with Crippen LogP contribution in [0.5, 0.6) is 5.75 Å². The number of carbonyl (C=O) groups is 2. The van der Waals surface area contributed by atoms with Crippen LogP contribution in [0.2, 0.25) is 0 Å². The zero-order valence-corrected chi connectivity index (χ0v) is 32.8. The fourth-order valence-electron chi connectivity index (χ4n) is 12.6. The molecule has 4 fully saturated rings. The van der Waals surface area contributed by atoms with Gasteiger partial charge < -0.3 is 34.4 Å². The van der Waals surface area contributed by atoms with Gasteiger partial charge in [-0.15, -0.1) is 0 Å². The van der Waals surface area contributed by atoms with Crippen LogP contribution in [0.4, 0.5) is 0 Å². The molecule has 1 unspecified atom stereocenters. The number of ether oxygens (including phenoxy) is 3. The number of hydrogen-bond donors (Lipinski definition) is 4. The van der Waals surface area contributed by atoms with Gasteiger partial charge in [0.05, 0.1) is 39.6 Å². The predicted molar refractivity (Wildman–Crippen MR) is 209 cm³/mol. The Balaban J connectivity index is 1.34. The molecule has 4 aliphatic heterocycles. The Morgan fingerprint density at radius 1 is 1.04 bits per heavy atom. The summed E-state index contributed by atoms with van der Waals surface area (Å²) in [6.07, 6.45) is 4.85. The maximum atomic E-state index is 14.5. The monoisotopic (exact) mass is 750 g/mol. The molecule has 4 N–H and O–H groups in total. The largest absolute Gasteiger partial charge is 0.496 e. The number of nitrogens with zero attached hydrogens (tertiary/aromatic N) is 2. The molecule has 0 spiro atoms. The van der Waals surface area contributed by atoms with E-state index in [0.29, 0.717) is 31.6 Å². The summed E-state index contributed by atoms with van der Waals surface area (Å²) >= 11 is 0. The van der Waals surface area contributed by atoms with Crippen molar-refractivity contribution in [1.29, 1.82) is 0 Å². The van der Waals surface area contributed by atoms with Crippen LogP contribution in [0.3, 0.4) is 0 Å². The highest BCUT2D eigenvalue weighted by atomic mass is 16.5. The molecule has 4 aromatic rings. The molecular formula is C44H54N4O7. The van der Waals surface area contributed by atoms with Crippen LogP contribution in [-0.4, -0.2) is 115 Å². The number of fused-ring (bicyclic) bond motifs is 9. The number of piperidine rings is 3. The molecule has 292 valence electrons. The maximum Gasteiger partial charge on any atom is 0.319 e. The van der Waals surface area contributed by atoms with E-state index < -0.39 is 22.9 Å². The molecule has 3 saturated heterocycles. The van der Waals surface area contributed by atoms with Gasteiger partial charge in [0.25, 0.3) is 0 Å². The highest BCUT2D eigenvalue weighted by Crippen LogP contribution is 2.58. The summed E-state index contributed by atoms with van der Waals surface area (Å²) < 4.78 is 17.6. The van der Waals surface area contributed by atoms with Crippen molar-refractivity contribution in [1.82, 2.24) is 19.8 Å². The van der Waals surface area contributed by atoms with E-state index in [1.807, 2.05) is 39.1 Å². The van der Waals surface area contributed by atoms with Gasteiger partial charge in [-0.3, -0.25) is 19.4 Å². The highest BCUT2D eigenvalue weighted by Gasteiger charge is 2.64. The topological polar surface area (TPSA) is 140 Å². The molecule has 10 atom stereocenters. The molecule has 1 saturated carbocycles. The van der Waals surface area contributed by atoms with Gasteiger partial charge in [-0.2, -0.15) is 0 Å². The quantitative estimate of drug-likeness (QED) is 0.161. The Morgan fingerprint density at radius 3 is 2.53 bits per heavy atom. The van der Waals surface area contributed by atoms with Gasteiger partial charge in [0.1, 0.15) is 16.6 Å². The molecule has 10 rings (SSSR count). The van der Waals surface area contributed by atoms with E-state index in [1.165, 1.54) is 14.2 Å². The first-order valence-electron chi connectivity index (χ1n) is 19.9. The van der Waals surface area contributed by atoms with Crippen LogP contribution in [0, 0.1) is 23.2 Å². The number of likely N-dealkylation sites (tertiary alicyclic amines) is 1. The molecule has 2 aromatic carbocycles. The third kappa shape index (κ3) is 4.88. The number of allylic oxidation sites excluding steroid dienone is 1. The third-order valence-corrected chi connectivity index (χ3v) is 14.8. The standard InChI is InChI=1S/C44H54N4O7/c1-7-25-21-47(3)35-18-30-26-10-8-9-11-33(26)45-37(30)31(17-32(25)44(35,22-49)42(52)55-6)36-34(53-4)13-12-27-28-14-15-48-20-24-16-29(23(2)50)40(48)43(19-24,41(51)54-5)39(28)46-38(27)36/h7-13,23-24,29,31-32,35,40,45-46,49-50H,14-22H2,1-6H3/b25-7-/t23-,24+,29+,31+,32-,35-,40-,43+,44-/m0/s1. The number of H-pyrrole nitrogens is 2. The zero-order valence-electron chi connectivity index (χ0n) is 32.8. The zero-order chi connectivity index (χ0) is 38.6. The lowest BCUT2D eigenvalue weighted by atomic mass is 9.56. The lowest BCUT2D eigenvalue weighted by Crippen LogP contribution is -2.68. The smallest absolute Gasteiger partial charge is 0.319 e. The predicted octanol–water partition coefficient (Wildman–Crippen LogP) is 4.82. The second-order valence-electron chi connectivity index (χ2n) is 17.0. The number of methoxy groups -OCH3 is 3. The molecule has 6 bridgehead atoms. The molecular weight excluding hydrogens is 697 g/mol. The summed E-state index contributed by atoms with van der Waals surface area (Å²) in [5.74, 6) is -0.426. The number of carbonyl (C=O) groups excluding carboxylic acids is 2. The summed E-state index contributed by atoms with van der Waals surface area (Å²) in [6.45, 7) is 5.88. The number of rotatable bonds is 6. The fraction of sp³-hybridized carbons (Fsp3) is 0.545. The summed E-state index contributed by atoms with van der Waals surface area (Å²) in [4.78, 5) is 41.2. The molecule has 0 amide bonds. The molecule has 55 heavy (non-hydrogen) atoms. The molecule has 6 heterocycles. The van der Waals surface area contributed by atoms with Crippen LogP contribution >= 0.6 is 0 Å². The minimum absolute atomic E-state index is 0.0703. The number of aromatic amines is 2. The molecule has 11 nitrogen and oxygen atoms in total. The SMILES string of the molecule is C/C=C1/CN(C)[C@H]2Cc3c([nH]c4ccccc34)[C@@H](c3c(OC)ccc4c5c([nH]c34)[C@]3(C(=O)OC)C[C@H]4C[C@H]([C@H](C)O)[C@@H]3N(CC5)C4)C[C@@H]1[C@]2(CO)C(=O)OC. The van der Waals surface area contributed by atoms with Crippen LogP contribution in [0.1, 0.15) is 67.1 Å². The van der Waals surface area contributed by atoms with Gasteiger partial charge in [0.15, 0.2) is 0 Å². The molecule has 6 aliphatic rings. The number of aromatic nitrogens is 2. The van der Waals surface area contributed by atoms with Crippen molar-refractivity contribution in [3.63, 3.8) is 0 Å². The van der Waals surface area contributed by atoms with Crippen LogP contribution in [0.25, 0.3) is 21.8 Å². The maximum absolute atomic E-state index is 14.5. The third-order valence-electron chi connectivity index (χ3n) is 14.8. The van der Waals surface area contributed by atoms with E-state index in [2.05, 4.69) is 44.0 Å². The van der Waals surface area contributed by atoms with E-state index in [-0.39, 0.29) is 48.3 Å². The van der Waals surface area contributed by atoms with Gasteiger partial charge in [-0.05, 0) is 88.2 Å². The minimum Gasteiger partial charge on any atom is -0.496 e. The second-order valence-corrected chi connectivity index (χ2v) is 17.0. The van der Waals surface area contributed by atoms with Crippen LogP contribution in [-0.2, 0) is 37.3 Å². The summed E-state index contributed by atoms with van der Waals surface area (Å²) in [5, 5.41) is 24.8. The fourth-order valence-corrected chi connectivity index (χ4v) is 12.6. The van der Waals surface area contributed by atoms with Crippen molar-refractivity contribution in [2.75, 3.05) is 54.6 Å². The van der Waals surface area contributed by atoms with Gasteiger partial charge in [0.2, 0.25) is 0 Å². The van der Waals surface area contributed by atoms with E-state index in [4.69, 9.17) is 14.2 Å². The highest BCUT2D eigenvalue weighted by molar-refractivity contribution is 5.95. The number of aliphatic hydroxyl groups excluding tert-OH is 2. The van der Waals surface area contributed by atoms with Crippen molar-refractivity contribution in [3.05, 3.63) is 76.1 Å². The van der Waals surface area contributed by atoms with Gasteiger partial charge >= 0.3 is 11.9 Å². The lowest BCUT2D eigenvalue weighted by Gasteiger charge is -2.58. The van der Waals surface area contributed by atoms with Crippen molar-refractivity contribution in [2.45, 2.75) is 75.5 Å². The average Bonchev–Trinajstić information content (AvgIpc) is 3.73.